The van der Waals surface area contributed by atoms with Crippen molar-refractivity contribution < 1.29 is 12.8 Å². The average Bonchev–Trinajstić information content (AvgIpc) is 2.82. The molecule has 0 amide bonds. The van der Waals surface area contributed by atoms with E-state index in [9.17, 15) is 8.42 Å². The van der Waals surface area contributed by atoms with E-state index in [1.807, 2.05) is 6.92 Å². The summed E-state index contributed by atoms with van der Waals surface area (Å²) in [5.41, 5.74) is 0. The first-order valence-corrected chi connectivity index (χ1v) is 9.56. The summed E-state index contributed by atoms with van der Waals surface area (Å²) in [4.78, 5) is 0.209. The molecule has 1 aromatic heterocycles. The van der Waals surface area contributed by atoms with Crippen molar-refractivity contribution in [3.8, 4) is 0 Å². The van der Waals surface area contributed by atoms with Crippen LogP contribution in [0.15, 0.2) is 20.0 Å². The van der Waals surface area contributed by atoms with Crippen LogP contribution in [0.4, 0.5) is 0 Å². The first-order chi connectivity index (χ1) is 9.90. The van der Waals surface area contributed by atoms with Gasteiger partial charge >= 0.3 is 0 Å². The maximum absolute atomic E-state index is 12.8. The number of nitrogens with one attached hydrogen (secondary N) is 1. The Morgan fingerprint density at radius 2 is 1.95 bits per heavy atom. The summed E-state index contributed by atoms with van der Waals surface area (Å²) >= 11 is 3.22. The molecule has 5 nitrogen and oxygen atoms in total. The van der Waals surface area contributed by atoms with Gasteiger partial charge in [-0.1, -0.05) is 33.6 Å². The molecule has 0 aromatic carbocycles. The summed E-state index contributed by atoms with van der Waals surface area (Å²) in [7, 11) is -1.74. The zero-order valence-electron chi connectivity index (χ0n) is 13.1. The Labute approximate surface area is 136 Å². The average molecular weight is 381 g/mol. The SMILES string of the molecule is CCC(CC)CN(CC)S(=O)(=O)c1cc(CNC)oc1Br. The van der Waals surface area contributed by atoms with Gasteiger partial charge in [0.2, 0.25) is 10.0 Å². The Morgan fingerprint density at radius 1 is 1.33 bits per heavy atom. The van der Waals surface area contributed by atoms with Crippen LogP contribution in [-0.2, 0) is 16.6 Å². The summed E-state index contributed by atoms with van der Waals surface area (Å²) in [6.45, 7) is 7.54. The molecule has 1 heterocycles. The third kappa shape index (κ3) is 4.55. The minimum Gasteiger partial charge on any atom is -0.452 e. The van der Waals surface area contributed by atoms with Gasteiger partial charge in [-0.25, -0.2) is 8.42 Å². The highest BCUT2D eigenvalue weighted by molar-refractivity contribution is 9.10. The van der Waals surface area contributed by atoms with Gasteiger partial charge in [-0.05, 0) is 28.9 Å². The number of rotatable bonds is 9. The highest BCUT2D eigenvalue weighted by atomic mass is 79.9. The van der Waals surface area contributed by atoms with Crippen molar-refractivity contribution in [1.82, 2.24) is 9.62 Å². The van der Waals surface area contributed by atoms with Crippen LogP contribution in [0, 0.1) is 5.92 Å². The largest absolute Gasteiger partial charge is 0.452 e. The van der Waals surface area contributed by atoms with Gasteiger partial charge in [-0.3, -0.25) is 0 Å². The molecule has 0 bridgehead atoms. The van der Waals surface area contributed by atoms with E-state index in [-0.39, 0.29) is 9.56 Å². The van der Waals surface area contributed by atoms with Gasteiger partial charge in [0.1, 0.15) is 10.7 Å². The summed E-state index contributed by atoms with van der Waals surface area (Å²) in [5, 5.41) is 2.95. The van der Waals surface area contributed by atoms with Crippen molar-refractivity contribution in [2.45, 2.75) is 45.1 Å². The number of hydrogen-bond donors (Lipinski definition) is 1. The highest BCUT2D eigenvalue weighted by Crippen LogP contribution is 2.29. The second kappa shape index (κ2) is 8.31. The number of hydrogen-bond acceptors (Lipinski definition) is 4. The second-order valence-electron chi connectivity index (χ2n) is 5.02. The molecule has 0 unspecified atom stereocenters. The first kappa shape index (κ1) is 18.7. The molecule has 0 aliphatic carbocycles. The topological polar surface area (TPSA) is 62.6 Å². The minimum absolute atomic E-state index is 0.209. The van der Waals surface area contributed by atoms with E-state index in [1.165, 1.54) is 4.31 Å². The Balaban J connectivity index is 3.06. The van der Waals surface area contributed by atoms with E-state index in [4.69, 9.17) is 4.42 Å². The predicted octanol–water partition coefficient (Wildman–Crippen LogP) is 3.21. The lowest BCUT2D eigenvalue weighted by atomic mass is 10.0. The molecular formula is C14H25BrN2O3S. The van der Waals surface area contributed by atoms with Crippen molar-refractivity contribution in [3.63, 3.8) is 0 Å². The van der Waals surface area contributed by atoms with Crippen LogP contribution in [0.25, 0.3) is 0 Å². The quantitative estimate of drug-likeness (QED) is 0.714. The normalized spacial score (nSPS) is 12.5. The molecule has 0 radical (unpaired) electrons. The first-order valence-electron chi connectivity index (χ1n) is 7.33. The van der Waals surface area contributed by atoms with E-state index >= 15 is 0 Å². The van der Waals surface area contributed by atoms with Crippen LogP contribution in [0.1, 0.15) is 39.4 Å². The molecule has 1 aromatic rings. The van der Waals surface area contributed by atoms with Crippen molar-refractivity contribution in [2.75, 3.05) is 20.1 Å². The molecule has 0 aliphatic heterocycles. The fourth-order valence-corrected chi connectivity index (χ4v) is 4.69. The van der Waals surface area contributed by atoms with Crippen molar-refractivity contribution >= 4 is 26.0 Å². The summed E-state index contributed by atoms with van der Waals surface area (Å²) in [6.07, 6.45) is 1.94. The van der Waals surface area contributed by atoms with Gasteiger partial charge < -0.3 is 9.73 Å². The van der Waals surface area contributed by atoms with Crippen LogP contribution < -0.4 is 5.32 Å². The summed E-state index contributed by atoms with van der Waals surface area (Å²) < 4.78 is 32.8. The van der Waals surface area contributed by atoms with Gasteiger partial charge in [-0.2, -0.15) is 4.31 Å². The molecule has 7 heteroatoms. The van der Waals surface area contributed by atoms with Crippen molar-refractivity contribution in [1.29, 1.82) is 0 Å². The third-order valence-corrected chi connectivity index (χ3v) is 6.44. The Bertz CT molecular complexity index is 538. The molecule has 0 spiro atoms. The smallest absolute Gasteiger partial charge is 0.247 e. The van der Waals surface area contributed by atoms with Crippen molar-refractivity contribution in [3.05, 3.63) is 16.5 Å². The number of halogens is 1. The van der Waals surface area contributed by atoms with E-state index in [0.29, 0.717) is 31.3 Å². The fourth-order valence-electron chi connectivity index (χ4n) is 2.21. The number of sulfonamides is 1. The van der Waals surface area contributed by atoms with E-state index in [0.717, 1.165) is 12.8 Å². The van der Waals surface area contributed by atoms with Crippen LogP contribution in [0.3, 0.4) is 0 Å². The zero-order valence-corrected chi connectivity index (χ0v) is 15.6. The van der Waals surface area contributed by atoms with Crippen LogP contribution in [0.2, 0.25) is 0 Å². The molecular weight excluding hydrogens is 356 g/mol. The van der Waals surface area contributed by atoms with E-state index < -0.39 is 10.0 Å². The lowest BCUT2D eigenvalue weighted by Gasteiger charge is -2.24. The van der Waals surface area contributed by atoms with Gasteiger partial charge in [-0.15, -0.1) is 0 Å². The molecule has 122 valence electrons. The second-order valence-corrected chi connectivity index (χ2v) is 7.65. The highest BCUT2D eigenvalue weighted by Gasteiger charge is 2.29. The Morgan fingerprint density at radius 3 is 2.43 bits per heavy atom. The lowest BCUT2D eigenvalue weighted by molar-refractivity contribution is 0.338. The Hall–Kier alpha value is -0.370. The van der Waals surface area contributed by atoms with E-state index in [1.54, 1.807) is 13.1 Å². The van der Waals surface area contributed by atoms with Gasteiger partial charge in [0, 0.05) is 19.2 Å². The lowest BCUT2D eigenvalue weighted by Crippen LogP contribution is -2.35. The third-order valence-electron chi connectivity index (χ3n) is 3.64. The maximum Gasteiger partial charge on any atom is 0.247 e. The van der Waals surface area contributed by atoms with Crippen LogP contribution in [0.5, 0.6) is 0 Å². The monoisotopic (exact) mass is 380 g/mol. The molecule has 0 saturated heterocycles. The van der Waals surface area contributed by atoms with Crippen LogP contribution in [-0.4, -0.2) is 32.9 Å². The molecule has 0 atom stereocenters. The summed E-state index contributed by atoms with van der Waals surface area (Å²) in [6, 6.07) is 1.59. The van der Waals surface area contributed by atoms with Gasteiger partial charge in [0.25, 0.3) is 0 Å². The molecule has 1 rings (SSSR count). The predicted molar refractivity (Wildman–Crippen MR) is 87.7 cm³/mol. The van der Waals surface area contributed by atoms with Gasteiger partial charge in [0.15, 0.2) is 4.67 Å². The fraction of sp³-hybridized carbons (Fsp3) is 0.714. The summed E-state index contributed by atoms with van der Waals surface area (Å²) in [5.74, 6) is 0.976. The minimum atomic E-state index is -3.53. The zero-order chi connectivity index (χ0) is 16.0. The number of furan rings is 1. The molecule has 0 fully saturated rings. The molecule has 1 N–H and O–H groups in total. The maximum atomic E-state index is 12.8. The van der Waals surface area contributed by atoms with Crippen LogP contribution >= 0.6 is 15.9 Å². The molecule has 0 aliphatic rings. The van der Waals surface area contributed by atoms with E-state index in [2.05, 4.69) is 35.1 Å². The Kier molecular flexibility index (Phi) is 7.39. The van der Waals surface area contributed by atoms with Gasteiger partial charge in [0.05, 0.1) is 6.54 Å². The number of nitrogens with zero attached hydrogens (tertiary/aromatic N) is 1. The molecule has 0 saturated carbocycles. The standard InChI is InChI=1S/C14H25BrN2O3S/c1-5-11(6-2)10-17(7-3)21(18,19)13-8-12(9-16-4)20-14(13)15/h8,11,16H,5-7,9-10H2,1-4H3. The van der Waals surface area contributed by atoms with Crippen molar-refractivity contribution in [2.24, 2.45) is 5.92 Å². The molecule has 21 heavy (non-hydrogen) atoms.